The van der Waals surface area contributed by atoms with Gasteiger partial charge in [0.15, 0.2) is 0 Å². The van der Waals surface area contributed by atoms with Crippen LogP contribution in [0.4, 0.5) is 5.69 Å². The molecule has 188 valence electrons. The minimum absolute atomic E-state index is 0.0300. The van der Waals surface area contributed by atoms with Gasteiger partial charge in [0.1, 0.15) is 6.04 Å². The Morgan fingerprint density at radius 2 is 1.75 bits per heavy atom. The third kappa shape index (κ3) is 5.39. The van der Waals surface area contributed by atoms with Crippen LogP contribution in [0.2, 0.25) is 5.02 Å². The third-order valence-corrected chi connectivity index (χ3v) is 6.87. The minimum atomic E-state index is -0.564. The van der Waals surface area contributed by atoms with Gasteiger partial charge >= 0.3 is 0 Å². The summed E-state index contributed by atoms with van der Waals surface area (Å²) >= 11 is 6.04. The van der Waals surface area contributed by atoms with Gasteiger partial charge in [-0.3, -0.25) is 14.4 Å². The highest BCUT2D eigenvalue weighted by Gasteiger charge is 2.31. The number of anilines is 1. The second kappa shape index (κ2) is 11.6. The number of carbonyl (C=O) groups excluding carboxylic acids is 3. The summed E-state index contributed by atoms with van der Waals surface area (Å²) in [6.45, 7) is 5.24. The molecule has 1 aliphatic rings. The Morgan fingerprint density at radius 1 is 1.03 bits per heavy atom. The summed E-state index contributed by atoms with van der Waals surface area (Å²) in [5.41, 5.74) is 2.51. The van der Waals surface area contributed by atoms with Crippen LogP contribution >= 0.6 is 11.6 Å². The minimum Gasteiger partial charge on any atom is -0.354 e. The third-order valence-electron chi connectivity index (χ3n) is 6.62. The molecule has 1 N–H and O–H groups in total. The van der Waals surface area contributed by atoms with Gasteiger partial charge in [-0.1, -0.05) is 61.8 Å². The first-order valence-corrected chi connectivity index (χ1v) is 13.0. The number of carbonyl (C=O) groups is 3. The van der Waals surface area contributed by atoms with Gasteiger partial charge in [0.2, 0.25) is 11.8 Å². The predicted octanol–water partition coefficient (Wildman–Crippen LogP) is 5.57. The second-order valence-corrected chi connectivity index (χ2v) is 9.54. The van der Waals surface area contributed by atoms with E-state index in [1.165, 1.54) is 0 Å². The van der Waals surface area contributed by atoms with Gasteiger partial charge in [-0.05, 0) is 54.5 Å². The fourth-order valence-electron chi connectivity index (χ4n) is 4.81. The Morgan fingerprint density at radius 3 is 2.44 bits per heavy atom. The molecule has 6 nitrogen and oxygen atoms in total. The van der Waals surface area contributed by atoms with Crippen LogP contribution < -0.4 is 10.2 Å². The van der Waals surface area contributed by atoms with E-state index in [0.29, 0.717) is 43.1 Å². The lowest BCUT2D eigenvalue weighted by Gasteiger charge is -2.31. The first kappa shape index (κ1) is 25.7. The molecule has 0 fully saturated rings. The van der Waals surface area contributed by atoms with Gasteiger partial charge in [-0.2, -0.15) is 0 Å². The Labute approximate surface area is 217 Å². The summed E-state index contributed by atoms with van der Waals surface area (Å²) < 4.78 is 0. The molecule has 0 aliphatic carbocycles. The number of halogens is 1. The topological polar surface area (TPSA) is 69.7 Å². The summed E-state index contributed by atoms with van der Waals surface area (Å²) in [5.74, 6) is -0.276. The first-order valence-electron chi connectivity index (χ1n) is 12.6. The molecular weight excluding hydrogens is 474 g/mol. The number of amides is 3. The van der Waals surface area contributed by atoms with Crippen LogP contribution in [0.25, 0.3) is 10.8 Å². The van der Waals surface area contributed by atoms with Crippen molar-refractivity contribution >= 4 is 45.8 Å². The lowest BCUT2D eigenvalue weighted by molar-refractivity contribution is -0.141. The Bertz CT molecular complexity index is 1250. The normalized spacial score (nSPS) is 13.2. The molecule has 0 radical (unpaired) electrons. The molecule has 0 spiro atoms. The number of rotatable bonds is 11. The molecule has 0 aromatic heterocycles. The fourth-order valence-corrected chi connectivity index (χ4v) is 4.93. The monoisotopic (exact) mass is 505 g/mol. The Balaban J connectivity index is 1.47. The molecule has 3 aromatic rings. The zero-order valence-electron chi connectivity index (χ0n) is 20.8. The van der Waals surface area contributed by atoms with Gasteiger partial charge in [-0.25, -0.2) is 0 Å². The summed E-state index contributed by atoms with van der Waals surface area (Å²) in [4.78, 5) is 42.9. The van der Waals surface area contributed by atoms with Crippen LogP contribution in [0.1, 0.15) is 55.5 Å². The maximum atomic E-state index is 13.5. The van der Waals surface area contributed by atoms with Crippen molar-refractivity contribution in [2.45, 2.75) is 52.1 Å². The molecule has 1 unspecified atom stereocenters. The summed E-state index contributed by atoms with van der Waals surface area (Å²) in [5, 5.41) is 5.56. The van der Waals surface area contributed by atoms with Crippen molar-refractivity contribution in [2.24, 2.45) is 0 Å². The number of nitrogens with one attached hydrogen (secondary N) is 1. The van der Waals surface area contributed by atoms with E-state index < -0.39 is 6.04 Å². The number of hydrogen-bond donors (Lipinski definition) is 1. The average molecular weight is 506 g/mol. The van der Waals surface area contributed by atoms with Crippen molar-refractivity contribution in [2.75, 3.05) is 18.0 Å². The molecule has 0 saturated carbocycles. The van der Waals surface area contributed by atoms with Gasteiger partial charge in [0.05, 0.1) is 5.69 Å². The molecule has 1 aliphatic heterocycles. The molecule has 4 rings (SSSR count). The lowest BCUT2D eigenvalue weighted by atomic mass is 10.1. The molecular formula is C29H32ClN3O3. The zero-order valence-corrected chi connectivity index (χ0v) is 21.6. The Hall–Kier alpha value is -3.38. The molecule has 3 amide bonds. The van der Waals surface area contributed by atoms with E-state index in [1.807, 2.05) is 62.4 Å². The van der Waals surface area contributed by atoms with E-state index >= 15 is 0 Å². The largest absolute Gasteiger partial charge is 0.354 e. The molecule has 0 saturated heterocycles. The van der Waals surface area contributed by atoms with Crippen molar-refractivity contribution in [1.29, 1.82) is 0 Å². The second-order valence-electron chi connectivity index (χ2n) is 9.10. The lowest BCUT2D eigenvalue weighted by Crippen LogP contribution is -2.49. The highest BCUT2D eigenvalue weighted by atomic mass is 35.5. The van der Waals surface area contributed by atoms with Crippen molar-refractivity contribution in [3.8, 4) is 0 Å². The van der Waals surface area contributed by atoms with Crippen LogP contribution in [-0.2, 0) is 16.1 Å². The van der Waals surface area contributed by atoms with Crippen molar-refractivity contribution < 1.29 is 14.4 Å². The average Bonchev–Trinajstić information content (AvgIpc) is 3.16. The van der Waals surface area contributed by atoms with Crippen molar-refractivity contribution in [1.82, 2.24) is 10.2 Å². The summed E-state index contributed by atoms with van der Waals surface area (Å²) in [6.07, 6.45) is 2.07. The smallest absolute Gasteiger partial charge is 0.258 e. The standard InChI is InChI=1S/C29H32ClN3O3/c1-3-17-31-28(35)24(4-2)33(19-20-13-15-22(30)16-14-20)26(34)12-7-18-32-25-11-6-9-21-8-5-10-23(27(21)25)29(32)36/h5-6,8-11,13-16,24H,3-4,7,12,17-19H2,1-2H3,(H,31,35). The van der Waals surface area contributed by atoms with Crippen LogP contribution in [-0.4, -0.2) is 41.8 Å². The number of nitrogens with zero attached hydrogens (tertiary/aromatic N) is 2. The zero-order chi connectivity index (χ0) is 25.7. The van der Waals surface area contributed by atoms with Crippen molar-refractivity contribution in [3.05, 3.63) is 76.8 Å². The number of hydrogen-bond acceptors (Lipinski definition) is 3. The van der Waals surface area contributed by atoms with E-state index in [4.69, 9.17) is 11.6 Å². The van der Waals surface area contributed by atoms with Gasteiger partial charge < -0.3 is 15.1 Å². The Kier molecular flexibility index (Phi) is 8.26. The SMILES string of the molecule is CCCNC(=O)C(CC)N(Cc1ccc(Cl)cc1)C(=O)CCCN1C(=O)c2cccc3cccc1c23. The van der Waals surface area contributed by atoms with Crippen molar-refractivity contribution in [3.63, 3.8) is 0 Å². The summed E-state index contributed by atoms with van der Waals surface area (Å²) in [7, 11) is 0. The van der Waals surface area contributed by atoms with Crippen LogP contribution in [0.5, 0.6) is 0 Å². The van der Waals surface area contributed by atoms with Crippen LogP contribution in [0.15, 0.2) is 60.7 Å². The molecule has 36 heavy (non-hydrogen) atoms. The fraction of sp³-hybridized carbons (Fsp3) is 0.345. The van der Waals surface area contributed by atoms with E-state index in [0.717, 1.165) is 28.4 Å². The van der Waals surface area contributed by atoms with Gasteiger partial charge in [0, 0.05) is 42.0 Å². The molecule has 7 heteroatoms. The van der Waals surface area contributed by atoms with Gasteiger partial charge in [-0.15, -0.1) is 0 Å². The molecule has 1 heterocycles. The van der Waals surface area contributed by atoms with Crippen LogP contribution in [0, 0.1) is 0 Å². The van der Waals surface area contributed by atoms with Crippen LogP contribution in [0.3, 0.4) is 0 Å². The molecule has 0 bridgehead atoms. The highest BCUT2D eigenvalue weighted by molar-refractivity contribution is 6.30. The first-order chi connectivity index (χ1) is 17.4. The quantitative estimate of drug-likeness (QED) is 0.370. The maximum Gasteiger partial charge on any atom is 0.258 e. The predicted molar refractivity (Wildman–Crippen MR) is 144 cm³/mol. The van der Waals surface area contributed by atoms with E-state index in [9.17, 15) is 14.4 Å². The highest BCUT2D eigenvalue weighted by Crippen LogP contribution is 2.37. The van der Waals surface area contributed by atoms with E-state index in [2.05, 4.69) is 5.32 Å². The molecule has 3 aromatic carbocycles. The number of benzene rings is 3. The van der Waals surface area contributed by atoms with E-state index in [1.54, 1.807) is 21.9 Å². The van der Waals surface area contributed by atoms with Gasteiger partial charge in [0.25, 0.3) is 5.91 Å². The maximum absolute atomic E-state index is 13.5. The van der Waals surface area contributed by atoms with E-state index in [-0.39, 0.29) is 24.1 Å². The summed E-state index contributed by atoms with van der Waals surface area (Å²) in [6, 6.07) is 18.4. The molecule has 1 atom stereocenters.